The molecule has 11 heteroatoms. The van der Waals surface area contributed by atoms with E-state index in [1.165, 1.54) is 6.92 Å². The van der Waals surface area contributed by atoms with Crippen molar-refractivity contribution in [2.24, 2.45) is 11.3 Å². The van der Waals surface area contributed by atoms with Gasteiger partial charge in [0, 0.05) is 24.4 Å². The van der Waals surface area contributed by atoms with E-state index in [4.69, 9.17) is 0 Å². The van der Waals surface area contributed by atoms with Crippen molar-refractivity contribution >= 4 is 34.5 Å². The monoisotopic (exact) mass is 661 g/mol. The molecule has 0 radical (unpaired) electrons. The van der Waals surface area contributed by atoms with Gasteiger partial charge in [0.05, 0.1) is 29.7 Å². The molecule has 0 spiro atoms. The van der Waals surface area contributed by atoms with Crippen LogP contribution in [0.2, 0.25) is 0 Å². The molecule has 260 valence electrons. The lowest BCUT2D eigenvalue weighted by Gasteiger charge is -2.31. The van der Waals surface area contributed by atoms with Crippen LogP contribution in [0.4, 0.5) is 0 Å². The first-order chi connectivity index (χ1) is 22.7. The van der Waals surface area contributed by atoms with E-state index >= 15 is 0 Å². The van der Waals surface area contributed by atoms with Crippen LogP contribution in [0.25, 0.3) is 10.9 Å². The second kappa shape index (κ2) is 17.7. The van der Waals surface area contributed by atoms with Gasteiger partial charge in [0.25, 0.3) is 5.91 Å². The SMILES string of the molecule is CCC(CC)NC(=O)C[C@@H](C(=O)NC[C@@H](O)[C@H](Cc1ccccc1)NC(=O)[C@@H](NC(=O)c1ccc2ccccc2n1)C(C)O)C(C)(C)C. The van der Waals surface area contributed by atoms with Crippen molar-refractivity contribution in [3.8, 4) is 0 Å². The lowest BCUT2D eigenvalue weighted by Crippen LogP contribution is -2.58. The van der Waals surface area contributed by atoms with E-state index < -0.39 is 47.4 Å². The molecule has 11 nitrogen and oxygen atoms in total. The smallest absolute Gasteiger partial charge is 0.270 e. The number of carbonyl (C=O) groups excluding carboxylic acids is 4. The summed E-state index contributed by atoms with van der Waals surface area (Å²) in [6.45, 7) is 10.8. The van der Waals surface area contributed by atoms with Gasteiger partial charge in [-0.15, -0.1) is 0 Å². The maximum absolute atomic E-state index is 13.6. The number of rotatable bonds is 16. The van der Waals surface area contributed by atoms with Crippen LogP contribution in [0.5, 0.6) is 0 Å². The normalized spacial score (nSPS) is 14.8. The first kappa shape index (κ1) is 38.1. The molecule has 2 aromatic carbocycles. The Morgan fingerprint density at radius 2 is 1.46 bits per heavy atom. The molecule has 4 amide bonds. The Bertz CT molecular complexity index is 1520. The maximum Gasteiger partial charge on any atom is 0.270 e. The Morgan fingerprint density at radius 3 is 2.08 bits per heavy atom. The fourth-order valence-corrected chi connectivity index (χ4v) is 5.46. The van der Waals surface area contributed by atoms with Crippen molar-refractivity contribution in [1.82, 2.24) is 26.3 Å². The van der Waals surface area contributed by atoms with Crippen molar-refractivity contribution < 1.29 is 29.4 Å². The minimum Gasteiger partial charge on any atom is -0.391 e. The standard InChI is InChI=1S/C37H51N5O6/c1-7-26(8-2)39-32(45)21-27(37(4,5)6)34(46)38-22-31(44)30(20-24-14-10-9-11-15-24)41-36(48)33(23(3)43)42-35(47)29-19-18-25-16-12-13-17-28(25)40-29/h9-19,23,26-27,30-31,33,43-44H,7-8,20-22H2,1-6H3,(H,38,46)(H,39,45)(H,41,48)(H,42,47)/t23?,27-,30-,31+,33-/m0/s1. The second-order valence-electron chi connectivity index (χ2n) is 13.4. The molecule has 1 heterocycles. The molecule has 3 aromatic rings. The third-order valence-corrected chi connectivity index (χ3v) is 8.56. The summed E-state index contributed by atoms with van der Waals surface area (Å²) in [5.74, 6) is -2.62. The summed E-state index contributed by atoms with van der Waals surface area (Å²) >= 11 is 0. The average Bonchev–Trinajstić information content (AvgIpc) is 3.06. The molecular weight excluding hydrogens is 610 g/mol. The van der Waals surface area contributed by atoms with Crippen LogP contribution in [-0.2, 0) is 20.8 Å². The summed E-state index contributed by atoms with van der Waals surface area (Å²) in [6, 6.07) is 17.6. The Kier molecular flexibility index (Phi) is 14.1. The summed E-state index contributed by atoms with van der Waals surface area (Å²) in [7, 11) is 0. The van der Waals surface area contributed by atoms with Gasteiger partial charge in [-0.2, -0.15) is 0 Å². The maximum atomic E-state index is 13.6. The van der Waals surface area contributed by atoms with Gasteiger partial charge in [0.15, 0.2) is 0 Å². The van der Waals surface area contributed by atoms with E-state index in [0.717, 1.165) is 23.8 Å². The molecule has 1 unspecified atom stereocenters. The largest absolute Gasteiger partial charge is 0.391 e. The molecule has 0 bridgehead atoms. The Hall–Kier alpha value is -4.35. The van der Waals surface area contributed by atoms with Crippen LogP contribution >= 0.6 is 0 Å². The number of aliphatic hydroxyl groups is 2. The second-order valence-corrected chi connectivity index (χ2v) is 13.4. The Labute approximate surface area is 283 Å². The highest BCUT2D eigenvalue weighted by molar-refractivity contribution is 5.98. The van der Waals surface area contributed by atoms with Gasteiger partial charge in [-0.1, -0.05) is 89.2 Å². The number of nitrogens with one attached hydrogen (secondary N) is 4. The number of hydrogen-bond donors (Lipinski definition) is 6. The van der Waals surface area contributed by atoms with Crippen molar-refractivity contribution in [2.75, 3.05) is 6.54 Å². The quantitative estimate of drug-likeness (QED) is 0.137. The first-order valence-electron chi connectivity index (χ1n) is 16.7. The van der Waals surface area contributed by atoms with E-state index in [-0.39, 0.29) is 42.9 Å². The lowest BCUT2D eigenvalue weighted by atomic mass is 9.78. The van der Waals surface area contributed by atoms with Crippen LogP contribution in [-0.4, -0.2) is 75.7 Å². The zero-order valence-electron chi connectivity index (χ0n) is 28.8. The molecule has 0 saturated heterocycles. The van der Waals surface area contributed by atoms with E-state index in [1.54, 1.807) is 24.3 Å². The number of benzene rings is 2. The summed E-state index contributed by atoms with van der Waals surface area (Å²) < 4.78 is 0. The number of nitrogens with zero attached hydrogens (tertiary/aromatic N) is 1. The third-order valence-electron chi connectivity index (χ3n) is 8.56. The summed E-state index contributed by atoms with van der Waals surface area (Å²) in [5.41, 5.74) is 0.965. The highest BCUT2D eigenvalue weighted by Gasteiger charge is 2.35. The van der Waals surface area contributed by atoms with Crippen molar-refractivity contribution in [2.45, 2.75) is 97.6 Å². The number of aliphatic hydroxyl groups excluding tert-OH is 2. The fourth-order valence-electron chi connectivity index (χ4n) is 5.46. The molecule has 6 N–H and O–H groups in total. The van der Waals surface area contributed by atoms with E-state index in [0.29, 0.717) is 5.52 Å². The summed E-state index contributed by atoms with van der Waals surface area (Å²) in [6.07, 6.45) is -0.748. The topological polar surface area (TPSA) is 170 Å². The van der Waals surface area contributed by atoms with Crippen LogP contribution in [0.15, 0.2) is 66.7 Å². The Balaban J connectivity index is 1.74. The van der Waals surface area contributed by atoms with Gasteiger partial charge >= 0.3 is 0 Å². The predicted octanol–water partition coefficient (Wildman–Crippen LogP) is 3.28. The zero-order chi connectivity index (χ0) is 35.4. The molecule has 5 atom stereocenters. The van der Waals surface area contributed by atoms with Gasteiger partial charge in [-0.3, -0.25) is 19.2 Å². The zero-order valence-corrected chi connectivity index (χ0v) is 28.8. The number of para-hydroxylation sites is 1. The summed E-state index contributed by atoms with van der Waals surface area (Å²) in [4.78, 5) is 57.3. The van der Waals surface area contributed by atoms with Gasteiger partial charge in [-0.05, 0) is 49.3 Å². The molecule has 0 fully saturated rings. The van der Waals surface area contributed by atoms with Crippen LogP contribution < -0.4 is 21.3 Å². The van der Waals surface area contributed by atoms with Gasteiger partial charge in [0.1, 0.15) is 11.7 Å². The van der Waals surface area contributed by atoms with Gasteiger partial charge < -0.3 is 31.5 Å². The molecule has 0 aliphatic heterocycles. The van der Waals surface area contributed by atoms with Gasteiger partial charge in [0.2, 0.25) is 17.7 Å². The fraction of sp³-hybridized carbons (Fsp3) is 0.486. The number of amides is 4. The van der Waals surface area contributed by atoms with Gasteiger partial charge in [-0.25, -0.2) is 4.98 Å². The van der Waals surface area contributed by atoms with E-state index in [9.17, 15) is 29.4 Å². The van der Waals surface area contributed by atoms with Crippen molar-refractivity contribution in [3.63, 3.8) is 0 Å². The molecule has 0 aliphatic carbocycles. The van der Waals surface area contributed by atoms with Crippen LogP contribution in [0.1, 0.15) is 76.9 Å². The van der Waals surface area contributed by atoms with Crippen molar-refractivity contribution in [1.29, 1.82) is 0 Å². The number of fused-ring (bicyclic) bond motifs is 1. The molecule has 0 saturated carbocycles. The number of aromatic nitrogens is 1. The molecule has 48 heavy (non-hydrogen) atoms. The minimum absolute atomic E-state index is 0.00601. The van der Waals surface area contributed by atoms with E-state index in [1.807, 2.05) is 77.1 Å². The van der Waals surface area contributed by atoms with E-state index in [2.05, 4.69) is 26.3 Å². The Morgan fingerprint density at radius 1 is 0.812 bits per heavy atom. The molecule has 1 aromatic heterocycles. The minimum atomic E-state index is -1.36. The molecule has 0 aliphatic rings. The molecule has 3 rings (SSSR count). The lowest BCUT2D eigenvalue weighted by molar-refractivity contribution is -0.134. The summed E-state index contributed by atoms with van der Waals surface area (Å²) in [5, 5.41) is 33.8. The average molecular weight is 662 g/mol. The number of pyridine rings is 1. The van der Waals surface area contributed by atoms with Crippen LogP contribution in [0.3, 0.4) is 0 Å². The first-order valence-corrected chi connectivity index (χ1v) is 16.7. The highest BCUT2D eigenvalue weighted by Crippen LogP contribution is 2.29. The third kappa shape index (κ3) is 11.1. The number of hydrogen-bond acceptors (Lipinski definition) is 7. The predicted molar refractivity (Wildman–Crippen MR) is 186 cm³/mol. The van der Waals surface area contributed by atoms with Crippen LogP contribution in [0, 0.1) is 11.3 Å². The highest BCUT2D eigenvalue weighted by atomic mass is 16.3. The number of carbonyl (C=O) groups is 4. The van der Waals surface area contributed by atoms with Crippen molar-refractivity contribution in [3.05, 3.63) is 78.0 Å². The molecular formula is C37H51N5O6.